The lowest BCUT2D eigenvalue weighted by atomic mass is 10.1. The van der Waals surface area contributed by atoms with Crippen LogP contribution in [0.15, 0.2) is 71.8 Å². The molecule has 1 N–H and O–H groups in total. The summed E-state index contributed by atoms with van der Waals surface area (Å²) in [6, 6.07) is 20.5. The molecule has 0 spiro atoms. The number of aryl methyl sites for hydroxylation is 1. The number of rotatable bonds is 8. The fourth-order valence-corrected chi connectivity index (χ4v) is 2.90. The van der Waals surface area contributed by atoms with Crippen molar-refractivity contribution in [3.05, 3.63) is 89.0 Å². The lowest BCUT2D eigenvalue weighted by Crippen LogP contribution is -2.17. The third-order valence-corrected chi connectivity index (χ3v) is 4.40. The summed E-state index contributed by atoms with van der Waals surface area (Å²) in [5, 5.41) is 4.08. The zero-order valence-corrected chi connectivity index (χ0v) is 17.2. The van der Waals surface area contributed by atoms with Crippen LogP contribution in [0.5, 0.6) is 17.2 Å². The van der Waals surface area contributed by atoms with E-state index in [1.54, 1.807) is 38.5 Å². The van der Waals surface area contributed by atoms with E-state index in [9.17, 15) is 4.79 Å². The molecule has 6 nitrogen and oxygen atoms in total. The topological polar surface area (TPSA) is 69.2 Å². The largest absolute Gasteiger partial charge is 0.497 e. The van der Waals surface area contributed by atoms with Crippen LogP contribution in [0.25, 0.3) is 0 Å². The predicted octanol–water partition coefficient (Wildman–Crippen LogP) is 4.36. The van der Waals surface area contributed by atoms with Crippen molar-refractivity contribution in [2.75, 3.05) is 14.2 Å². The SMILES string of the molecule is COc1cccc(C(=O)N/N=C/c2cccc(OC)c2OCc2cccc(C)c2)c1. The minimum atomic E-state index is -0.338. The van der Waals surface area contributed by atoms with Crippen molar-refractivity contribution >= 4 is 12.1 Å². The molecule has 0 heterocycles. The summed E-state index contributed by atoms with van der Waals surface area (Å²) in [6.07, 6.45) is 1.53. The maximum absolute atomic E-state index is 12.3. The summed E-state index contributed by atoms with van der Waals surface area (Å²) in [5.41, 5.74) is 5.88. The van der Waals surface area contributed by atoms with Crippen molar-refractivity contribution in [1.29, 1.82) is 0 Å². The fraction of sp³-hybridized carbons (Fsp3) is 0.167. The molecule has 0 atom stereocenters. The maximum Gasteiger partial charge on any atom is 0.271 e. The Balaban J connectivity index is 1.74. The average molecular weight is 404 g/mol. The number of benzene rings is 3. The highest BCUT2D eigenvalue weighted by atomic mass is 16.5. The van der Waals surface area contributed by atoms with Crippen LogP contribution >= 0.6 is 0 Å². The molecule has 3 rings (SSSR count). The van der Waals surface area contributed by atoms with Crippen molar-refractivity contribution in [3.8, 4) is 17.2 Å². The quantitative estimate of drug-likeness (QED) is 0.448. The molecular weight excluding hydrogens is 380 g/mol. The maximum atomic E-state index is 12.3. The number of methoxy groups -OCH3 is 2. The molecular formula is C24H24N2O4. The van der Waals surface area contributed by atoms with Gasteiger partial charge in [-0.05, 0) is 42.8 Å². The summed E-state index contributed by atoms with van der Waals surface area (Å²) < 4.78 is 16.6. The van der Waals surface area contributed by atoms with Gasteiger partial charge in [0.2, 0.25) is 0 Å². The number of hydrogen-bond donors (Lipinski definition) is 1. The normalized spacial score (nSPS) is 10.6. The van der Waals surface area contributed by atoms with Gasteiger partial charge in [0.1, 0.15) is 12.4 Å². The van der Waals surface area contributed by atoms with Crippen LogP contribution in [0.4, 0.5) is 0 Å². The summed E-state index contributed by atoms with van der Waals surface area (Å²) in [7, 11) is 3.14. The summed E-state index contributed by atoms with van der Waals surface area (Å²) in [5.74, 6) is 1.41. The number of para-hydroxylation sites is 1. The number of hydrogen-bond acceptors (Lipinski definition) is 5. The molecule has 30 heavy (non-hydrogen) atoms. The number of hydrazone groups is 1. The summed E-state index contributed by atoms with van der Waals surface area (Å²) in [6.45, 7) is 2.43. The van der Waals surface area contributed by atoms with E-state index in [0.717, 1.165) is 11.1 Å². The second-order valence-electron chi connectivity index (χ2n) is 6.59. The van der Waals surface area contributed by atoms with E-state index < -0.39 is 0 Å². The van der Waals surface area contributed by atoms with E-state index in [1.807, 2.05) is 43.3 Å². The smallest absolute Gasteiger partial charge is 0.271 e. The Hall–Kier alpha value is -3.80. The van der Waals surface area contributed by atoms with Gasteiger partial charge in [0, 0.05) is 11.1 Å². The Morgan fingerprint density at radius 1 is 1.00 bits per heavy atom. The van der Waals surface area contributed by atoms with Crippen LogP contribution in [0.2, 0.25) is 0 Å². The fourth-order valence-electron chi connectivity index (χ4n) is 2.90. The molecule has 0 saturated carbocycles. The minimum Gasteiger partial charge on any atom is -0.497 e. The van der Waals surface area contributed by atoms with Gasteiger partial charge in [-0.25, -0.2) is 5.43 Å². The van der Waals surface area contributed by atoms with Gasteiger partial charge >= 0.3 is 0 Å². The molecule has 0 aromatic heterocycles. The van der Waals surface area contributed by atoms with Crippen LogP contribution in [0.1, 0.15) is 27.0 Å². The molecule has 1 amide bonds. The molecule has 6 heteroatoms. The van der Waals surface area contributed by atoms with Gasteiger partial charge in [-0.2, -0.15) is 5.10 Å². The Labute approximate surface area is 176 Å². The molecule has 0 bridgehead atoms. The number of amides is 1. The molecule has 154 valence electrons. The monoisotopic (exact) mass is 404 g/mol. The van der Waals surface area contributed by atoms with Crippen molar-refractivity contribution in [3.63, 3.8) is 0 Å². The molecule has 3 aromatic carbocycles. The first-order valence-corrected chi connectivity index (χ1v) is 9.43. The first-order valence-electron chi connectivity index (χ1n) is 9.43. The Kier molecular flexibility index (Phi) is 7.05. The van der Waals surface area contributed by atoms with E-state index >= 15 is 0 Å². The predicted molar refractivity (Wildman–Crippen MR) is 117 cm³/mol. The standard InChI is InChI=1S/C24H24N2O4/c1-17-7-4-8-18(13-17)16-30-23-20(10-6-12-22(23)29-3)15-25-26-24(27)19-9-5-11-21(14-19)28-2/h4-15H,16H2,1-3H3,(H,26,27)/b25-15+. The van der Waals surface area contributed by atoms with E-state index in [2.05, 4.69) is 16.6 Å². The van der Waals surface area contributed by atoms with Crippen LogP contribution in [0, 0.1) is 6.92 Å². The van der Waals surface area contributed by atoms with E-state index in [1.165, 1.54) is 6.21 Å². The average Bonchev–Trinajstić information content (AvgIpc) is 2.78. The van der Waals surface area contributed by atoms with Crippen molar-refractivity contribution in [2.45, 2.75) is 13.5 Å². The molecule has 0 aliphatic heterocycles. The molecule has 0 saturated heterocycles. The van der Waals surface area contributed by atoms with Gasteiger partial charge < -0.3 is 14.2 Å². The van der Waals surface area contributed by atoms with Crippen LogP contribution in [-0.4, -0.2) is 26.3 Å². The third-order valence-electron chi connectivity index (χ3n) is 4.40. The van der Waals surface area contributed by atoms with Gasteiger partial charge in [0.15, 0.2) is 11.5 Å². The molecule has 0 aliphatic carbocycles. The summed E-state index contributed by atoms with van der Waals surface area (Å²) >= 11 is 0. The molecule has 0 unspecified atom stereocenters. The number of nitrogens with one attached hydrogen (secondary N) is 1. The third kappa shape index (κ3) is 5.38. The first kappa shape index (κ1) is 20.9. The number of carbonyl (C=O) groups excluding carboxylic acids is 1. The van der Waals surface area contributed by atoms with E-state index in [-0.39, 0.29) is 5.91 Å². The van der Waals surface area contributed by atoms with Gasteiger partial charge in [0.05, 0.1) is 20.4 Å². The van der Waals surface area contributed by atoms with Gasteiger partial charge in [0.25, 0.3) is 5.91 Å². The highest BCUT2D eigenvalue weighted by Crippen LogP contribution is 2.31. The number of carbonyl (C=O) groups is 1. The van der Waals surface area contributed by atoms with Gasteiger partial charge in [-0.3, -0.25) is 4.79 Å². The molecule has 0 aliphatic rings. The van der Waals surface area contributed by atoms with E-state index in [0.29, 0.717) is 35.0 Å². The van der Waals surface area contributed by atoms with Gasteiger partial charge in [-0.1, -0.05) is 42.0 Å². The highest BCUT2D eigenvalue weighted by molar-refractivity contribution is 5.95. The molecule has 0 fully saturated rings. The number of ether oxygens (including phenoxy) is 3. The van der Waals surface area contributed by atoms with Crippen LogP contribution in [-0.2, 0) is 6.61 Å². The van der Waals surface area contributed by atoms with Crippen LogP contribution < -0.4 is 19.6 Å². The minimum absolute atomic E-state index is 0.338. The molecule has 3 aromatic rings. The van der Waals surface area contributed by atoms with Crippen molar-refractivity contribution in [2.24, 2.45) is 5.10 Å². The number of nitrogens with zero attached hydrogens (tertiary/aromatic N) is 1. The van der Waals surface area contributed by atoms with Crippen molar-refractivity contribution < 1.29 is 19.0 Å². The molecule has 0 radical (unpaired) electrons. The Bertz CT molecular complexity index is 1050. The van der Waals surface area contributed by atoms with Crippen LogP contribution in [0.3, 0.4) is 0 Å². The zero-order valence-electron chi connectivity index (χ0n) is 17.2. The summed E-state index contributed by atoms with van der Waals surface area (Å²) in [4.78, 5) is 12.3. The lowest BCUT2D eigenvalue weighted by Gasteiger charge is -2.13. The Morgan fingerprint density at radius 3 is 2.57 bits per heavy atom. The second kappa shape index (κ2) is 10.1. The zero-order chi connectivity index (χ0) is 21.3. The second-order valence-corrected chi connectivity index (χ2v) is 6.59. The van der Waals surface area contributed by atoms with E-state index in [4.69, 9.17) is 14.2 Å². The Morgan fingerprint density at radius 2 is 1.80 bits per heavy atom. The van der Waals surface area contributed by atoms with Crippen molar-refractivity contribution in [1.82, 2.24) is 5.43 Å². The van der Waals surface area contributed by atoms with Gasteiger partial charge in [-0.15, -0.1) is 0 Å². The highest BCUT2D eigenvalue weighted by Gasteiger charge is 2.10. The lowest BCUT2D eigenvalue weighted by molar-refractivity contribution is 0.0954. The first-order chi connectivity index (χ1) is 14.6.